The number of piperidine rings is 1. The first-order chi connectivity index (χ1) is 11.1. The second-order valence-electron chi connectivity index (χ2n) is 5.65. The lowest BCUT2D eigenvalue weighted by Crippen LogP contribution is -2.40. The standard InChI is InChI=1S/C17H23BrN2O3/c1-2-23-16(21)11-15(12-3-5-14(18)6-4-12)20-17(22)13-7-9-19-10-8-13/h3-6,13,15,19H,2,7-11H2,1H3,(H,20,22). The summed E-state index contributed by atoms with van der Waals surface area (Å²) in [6, 6.07) is 7.28. The van der Waals surface area contributed by atoms with Crippen molar-refractivity contribution in [3.05, 3.63) is 34.3 Å². The van der Waals surface area contributed by atoms with Crippen molar-refractivity contribution < 1.29 is 14.3 Å². The number of esters is 1. The number of hydrogen-bond acceptors (Lipinski definition) is 4. The highest BCUT2D eigenvalue weighted by Gasteiger charge is 2.25. The van der Waals surface area contributed by atoms with Crippen molar-refractivity contribution in [3.8, 4) is 0 Å². The van der Waals surface area contributed by atoms with E-state index in [4.69, 9.17) is 4.74 Å². The number of ether oxygens (including phenoxy) is 1. The minimum Gasteiger partial charge on any atom is -0.466 e. The summed E-state index contributed by atoms with van der Waals surface area (Å²) in [6.45, 7) is 3.84. The number of hydrogen-bond donors (Lipinski definition) is 2. The van der Waals surface area contributed by atoms with E-state index in [1.807, 2.05) is 24.3 Å². The van der Waals surface area contributed by atoms with Gasteiger partial charge in [0.25, 0.3) is 0 Å². The highest BCUT2D eigenvalue weighted by atomic mass is 79.9. The van der Waals surface area contributed by atoms with Gasteiger partial charge in [0.05, 0.1) is 19.1 Å². The molecule has 1 heterocycles. The molecule has 0 aliphatic carbocycles. The topological polar surface area (TPSA) is 67.4 Å². The molecule has 1 fully saturated rings. The van der Waals surface area contributed by atoms with Crippen LogP contribution in [-0.4, -0.2) is 31.6 Å². The Morgan fingerprint density at radius 2 is 1.96 bits per heavy atom. The molecule has 1 atom stereocenters. The lowest BCUT2D eigenvalue weighted by molar-refractivity contribution is -0.144. The Hall–Kier alpha value is -1.40. The summed E-state index contributed by atoms with van der Waals surface area (Å²) >= 11 is 3.40. The van der Waals surface area contributed by atoms with Crippen LogP contribution >= 0.6 is 15.9 Å². The first-order valence-electron chi connectivity index (χ1n) is 8.02. The van der Waals surface area contributed by atoms with Crippen LogP contribution in [0.3, 0.4) is 0 Å². The van der Waals surface area contributed by atoms with E-state index in [0.717, 1.165) is 36.0 Å². The molecule has 0 spiro atoms. The molecule has 0 radical (unpaired) electrons. The first-order valence-corrected chi connectivity index (χ1v) is 8.81. The van der Waals surface area contributed by atoms with Crippen LogP contribution in [0.2, 0.25) is 0 Å². The van der Waals surface area contributed by atoms with E-state index < -0.39 is 0 Å². The molecular formula is C17H23BrN2O3. The molecule has 1 aromatic rings. The van der Waals surface area contributed by atoms with Crippen LogP contribution in [0.5, 0.6) is 0 Å². The summed E-state index contributed by atoms with van der Waals surface area (Å²) in [5.41, 5.74) is 0.906. The highest BCUT2D eigenvalue weighted by Crippen LogP contribution is 2.22. The summed E-state index contributed by atoms with van der Waals surface area (Å²) in [4.78, 5) is 24.3. The maximum absolute atomic E-state index is 12.5. The second-order valence-corrected chi connectivity index (χ2v) is 6.56. The van der Waals surface area contributed by atoms with Gasteiger partial charge in [0.15, 0.2) is 0 Å². The van der Waals surface area contributed by atoms with Gasteiger partial charge in [-0.05, 0) is 50.6 Å². The summed E-state index contributed by atoms with van der Waals surface area (Å²) in [5, 5.41) is 6.28. The van der Waals surface area contributed by atoms with Crippen LogP contribution in [0.4, 0.5) is 0 Å². The van der Waals surface area contributed by atoms with E-state index in [-0.39, 0.29) is 30.3 Å². The largest absolute Gasteiger partial charge is 0.466 e. The van der Waals surface area contributed by atoms with Gasteiger partial charge in [0, 0.05) is 10.4 Å². The molecule has 1 aliphatic rings. The summed E-state index contributed by atoms with van der Waals surface area (Å²) in [7, 11) is 0. The monoisotopic (exact) mass is 382 g/mol. The van der Waals surface area contributed by atoms with Gasteiger partial charge in [-0.15, -0.1) is 0 Å². The van der Waals surface area contributed by atoms with Crippen molar-refractivity contribution in [2.24, 2.45) is 5.92 Å². The average molecular weight is 383 g/mol. The third kappa shape index (κ3) is 5.62. The van der Waals surface area contributed by atoms with Crippen molar-refractivity contribution in [2.45, 2.75) is 32.2 Å². The number of nitrogens with one attached hydrogen (secondary N) is 2. The van der Waals surface area contributed by atoms with Gasteiger partial charge >= 0.3 is 5.97 Å². The Labute approximate surface area is 145 Å². The predicted octanol–water partition coefficient (Wildman–Crippen LogP) is 2.56. The van der Waals surface area contributed by atoms with Crippen molar-refractivity contribution in [3.63, 3.8) is 0 Å². The van der Waals surface area contributed by atoms with Crippen molar-refractivity contribution in [1.29, 1.82) is 0 Å². The molecule has 2 rings (SSSR count). The molecular weight excluding hydrogens is 360 g/mol. The summed E-state index contributed by atoms with van der Waals surface area (Å²) < 4.78 is 5.99. The average Bonchev–Trinajstić information content (AvgIpc) is 2.56. The highest BCUT2D eigenvalue weighted by molar-refractivity contribution is 9.10. The van der Waals surface area contributed by atoms with E-state index in [2.05, 4.69) is 26.6 Å². The SMILES string of the molecule is CCOC(=O)CC(NC(=O)C1CCNCC1)c1ccc(Br)cc1. The molecule has 0 saturated carbocycles. The van der Waals surface area contributed by atoms with Crippen LogP contribution in [-0.2, 0) is 14.3 Å². The van der Waals surface area contributed by atoms with Gasteiger partial charge in [-0.2, -0.15) is 0 Å². The molecule has 126 valence electrons. The molecule has 1 aliphatic heterocycles. The van der Waals surface area contributed by atoms with Crippen LogP contribution in [0, 0.1) is 5.92 Å². The minimum atomic E-state index is -0.357. The van der Waals surface area contributed by atoms with Crippen LogP contribution in [0.15, 0.2) is 28.7 Å². The molecule has 1 saturated heterocycles. The number of carbonyl (C=O) groups is 2. The molecule has 0 aromatic heterocycles. The molecule has 23 heavy (non-hydrogen) atoms. The summed E-state index contributed by atoms with van der Waals surface area (Å²) in [5.74, 6) is -0.272. The van der Waals surface area contributed by atoms with Gasteiger partial charge in [0.2, 0.25) is 5.91 Å². The van der Waals surface area contributed by atoms with Crippen molar-refractivity contribution in [2.75, 3.05) is 19.7 Å². The Morgan fingerprint density at radius 3 is 2.57 bits per heavy atom. The van der Waals surface area contributed by atoms with Crippen LogP contribution in [0.1, 0.15) is 37.8 Å². The van der Waals surface area contributed by atoms with E-state index in [9.17, 15) is 9.59 Å². The second kappa shape index (κ2) is 9.03. The van der Waals surface area contributed by atoms with Crippen LogP contribution in [0.25, 0.3) is 0 Å². The Balaban J connectivity index is 2.07. The minimum absolute atomic E-state index is 0.0105. The molecule has 5 nitrogen and oxygen atoms in total. The number of benzene rings is 1. The van der Waals surface area contributed by atoms with Gasteiger partial charge in [0.1, 0.15) is 0 Å². The Bertz CT molecular complexity index is 527. The fourth-order valence-electron chi connectivity index (χ4n) is 2.71. The van der Waals surface area contributed by atoms with Crippen molar-refractivity contribution in [1.82, 2.24) is 10.6 Å². The summed E-state index contributed by atoms with van der Waals surface area (Å²) in [6.07, 6.45) is 1.81. The zero-order valence-electron chi connectivity index (χ0n) is 13.3. The fraction of sp³-hybridized carbons (Fsp3) is 0.529. The zero-order valence-corrected chi connectivity index (χ0v) is 14.9. The van der Waals surface area contributed by atoms with E-state index >= 15 is 0 Å². The third-order valence-corrected chi connectivity index (χ3v) is 4.50. The lowest BCUT2D eigenvalue weighted by Gasteiger charge is -2.25. The maximum Gasteiger partial charge on any atom is 0.308 e. The molecule has 2 N–H and O–H groups in total. The Morgan fingerprint density at radius 1 is 1.30 bits per heavy atom. The quantitative estimate of drug-likeness (QED) is 0.741. The van der Waals surface area contributed by atoms with Crippen LogP contribution < -0.4 is 10.6 Å². The maximum atomic E-state index is 12.5. The van der Waals surface area contributed by atoms with Gasteiger partial charge in [-0.1, -0.05) is 28.1 Å². The predicted molar refractivity (Wildman–Crippen MR) is 91.9 cm³/mol. The van der Waals surface area contributed by atoms with Gasteiger partial charge < -0.3 is 15.4 Å². The van der Waals surface area contributed by atoms with E-state index in [1.54, 1.807) is 6.92 Å². The third-order valence-electron chi connectivity index (χ3n) is 3.97. The number of halogens is 1. The normalized spacial score (nSPS) is 16.6. The number of carbonyl (C=O) groups excluding carboxylic acids is 2. The zero-order chi connectivity index (χ0) is 16.7. The molecule has 1 amide bonds. The van der Waals surface area contributed by atoms with Gasteiger partial charge in [-0.3, -0.25) is 9.59 Å². The molecule has 6 heteroatoms. The Kier molecular flexibility index (Phi) is 7.05. The smallest absolute Gasteiger partial charge is 0.308 e. The van der Waals surface area contributed by atoms with E-state index in [1.165, 1.54) is 0 Å². The molecule has 1 aromatic carbocycles. The first kappa shape index (κ1) is 17.9. The molecule has 1 unspecified atom stereocenters. The lowest BCUT2D eigenvalue weighted by atomic mass is 9.95. The fourth-order valence-corrected chi connectivity index (χ4v) is 2.97. The van der Waals surface area contributed by atoms with E-state index in [0.29, 0.717) is 6.61 Å². The molecule has 0 bridgehead atoms. The number of amides is 1. The number of rotatable bonds is 6. The van der Waals surface area contributed by atoms with Crippen molar-refractivity contribution >= 4 is 27.8 Å². The van der Waals surface area contributed by atoms with Gasteiger partial charge in [-0.25, -0.2) is 0 Å².